The Morgan fingerprint density at radius 2 is 1.82 bits per heavy atom. The van der Waals surface area contributed by atoms with Crippen LogP contribution in [-0.4, -0.2) is 16.0 Å². The summed E-state index contributed by atoms with van der Waals surface area (Å²) in [5.74, 6) is 0. The highest BCUT2D eigenvalue weighted by Crippen LogP contribution is 2.15. The van der Waals surface area contributed by atoms with Gasteiger partial charge in [-0.05, 0) is 19.1 Å². The van der Waals surface area contributed by atoms with Gasteiger partial charge >= 0.3 is 0 Å². The molecule has 2 heterocycles. The number of hydrogen-bond acceptors (Lipinski definition) is 2. The van der Waals surface area contributed by atoms with Crippen LogP contribution < -0.4 is 0 Å². The summed E-state index contributed by atoms with van der Waals surface area (Å²) in [5, 5.41) is 8.62. The molecule has 84 valence electrons. The fraction of sp³-hybridized carbons (Fsp3) is 0.143. The first-order valence-corrected chi connectivity index (χ1v) is 5.66. The molecular formula is C14H13N3. The topological polar surface area (TPSA) is 29.6 Å². The summed E-state index contributed by atoms with van der Waals surface area (Å²) in [5.41, 5.74) is 4.18. The molecule has 0 spiro atoms. The lowest BCUT2D eigenvalue weighted by atomic mass is 10.1. The zero-order valence-electron chi connectivity index (χ0n) is 9.67. The van der Waals surface area contributed by atoms with Gasteiger partial charge in [-0.2, -0.15) is 5.10 Å². The van der Waals surface area contributed by atoms with Crippen molar-refractivity contribution in [1.29, 1.82) is 0 Å². The molecule has 0 N–H and O–H groups in total. The largest absolute Gasteiger partial charge is 0.340 e. The smallest absolute Gasteiger partial charge is 0.117 e. The molecule has 1 aromatic heterocycles. The molecular weight excluding hydrogens is 210 g/mol. The molecule has 1 aliphatic heterocycles. The van der Waals surface area contributed by atoms with E-state index >= 15 is 0 Å². The van der Waals surface area contributed by atoms with E-state index in [0.29, 0.717) is 0 Å². The van der Waals surface area contributed by atoms with Crippen molar-refractivity contribution in [3.63, 3.8) is 0 Å². The summed E-state index contributed by atoms with van der Waals surface area (Å²) >= 11 is 0. The minimum atomic E-state index is 0.808. The second-order valence-electron chi connectivity index (χ2n) is 4.17. The summed E-state index contributed by atoms with van der Waals surface area (Å²) in [6, 6.07) is 14.3. The predicted octanol–water partition coefficient (Wildman–Crippen LogP) is 2.72. The third-order valence-electron chi connectivity index (χ3n) is 2.84. The molecule has 3 heteroatoms. The van der Waals surface area contributed by atoms with Gasteiger partial charge in [0.25, 0.3) is 0 Å². The molecule has 0 atom stereocenters. The number of fused-ring (bicyclic) bond motifs is 1. The first-order valence-electron chi connectivity index (χ1n) is 5.66. The van der Waals surface area contributed by atoms with Crippen molar-refractivity contribution in [2.75, 3.05) is 0 Å². The van der Waals surface area contributed by atoms with E-state index in [9.17, 15) is 0 Å². The van der Waals surface area contributed by atoms with Crippen molar-refractivity contribution in [3.05, 3.63) is 59.9 Å². The zero-order valence-corrected chi connectivity index (χ0v) is 9.67. The Labute approximate surface area is 100 Å². The van der Waals surface area contributed by atoms with Crippen molar-refractivity contribution in [2.45, 2.75) is 13.5 Å². The maximum Gasteiger partial charge on any atom is 0.117 e. The molecule has 0 saturated carbocycles. The van der Waals surface area contributed by atoms with Gasteiger partial charge in [0.2, 0.25) is 0 Å². The van der Waals surface area contributed by atoms with Crippen LogP contribution in [0.1, 0.15) is 18.2 Å². The van der Waals surface area contributed by atoms with Crippen LogP contribution in [-0.2, 0) is 6.54 Å². The van der Waals surface area contributed by atoms with Gasteiger partial charge in [0.1, 0.15) is 5.71 Å². The second-order valence-corrected chi connectivity index (χ2v) is 4.17. The molecule has 0 bridgehead atoms. The highest BCUT2D eigenvalue weighted by atomic mass is 15.2. The molecule has 1 aromatic carbocycles. The number of nitrogens with zero attached hydrogens (tertiary/aromatic N) is 3. The number of hydrogen-bond donors (Lipinski definition) is 0. The number of rotatable bonds is 1. The molecule has 0 saturated heterocycles. The van der Waals surface area contributed by atoms with Gasteiger partial charge in [0.15, 0.2) is 0 Å². The standard InChI is InChI=1S/C14H13N3/c1-11-10-17-9-5-8-13(17)14(16-15-11)12-6-3-2-4-7-12/h2-9H,10H2,1H3. The molecule has 3 rings (SSSR count). The molecule has 0 fully saturated rings. The summed E-state index contributed by atoms with van der Waals surface area (Å²) < 4.78 is 2.18. The monoisotopic (exact) mass is 223 g/mol. The van der Waals surface area contributed by atoms with Gasteiger partial charge in [0.05, 0.1) is 18.0 Å². The van der Waals surface area contributed by atoms with E-state index < -0.39 is 0 Å². The van der Waals surface area contributed by atoms with Crippen LogP contribution in [0.5, 0.6) is 0 Å². The Morgan fingerprint density at radius 3 is 2.65 bits per heavy atom. The van der Waals surface area contributed by atoms with Crippen LogP contribution >= 0.6 is 0 Å². The first kappa shape index (κ1) is 10.0. The molecule has 3 nitrogen and oxygen atoms in total. The van der Waals surface area contributed by atoms with Crippen LogP contribution in [0.4, 0.5) is 0 Å². The van der Waals surface area contributed by atoms with Crippen LogP contribution in [0, 0.1) is 0 Å². The van der Waals surface area contributed by atoms with Crippen molar-refractivity contribution in [2.24, 2.45) is 10.2 Å². The lowest BCUT2D eigenvalue weighted by Gasteiger charge is -2.07. The van der Waals surface area contributed by atoms with Gasteiger partial charge in [-0.25, -0.2) is 0 Å². The summed E-state index contributed by atoms with van der Waals surface area (Å²) in [6.07, 6.45) is 2.07. The van der Waals surface area contributed by atoms with Crippen LogP contribution in [0.2, 0.25) is 0 Å². The Morgan fingerprint density at radius 1 is 1.00 bits per heavy atom. The van der Waals surface area contributed by atoms with E-state index in [1.54, 1.807) is 0 Å². The molecule has 0 unspecified atom stereocenters. The van der Waals surface area contributed by atoms with Crippen LogP contribution in [0.3, 0.4) is 0 Å². The zero-order chi connectivity index (χ0) is 11.7. The normalized spacial score (nSPS) is 14.6. The van der Waals surface area contributed by atoms with Gasteiger partial charge in [-0.1, -0.05) is 30.3 Å². The summed E-state index contributed by atoms with van der Waals surface area (Å²) in [4.78, 5) is 0. The average molecular weight is 223 g/mol. The lowest BCUT2D eigenvalue weighted by Crippen LogP contribution is -2.11. The molecule has 17 heavy (non-hydrogen) atoms. The van der Waals surface area contributed by atoms with E-state index in [1.807, 2.05) is 31.2 Å². The van der Waals surface area contributed by atoms with Crippen LogP contribution in [0.25, 0.3) is 0 Å². The molecule has 0 aliphatic carbocycles. The number of aromatic nitrogens is 1. The van der Waals surface area contributed by atoms with E-state index in [-0.39, 0.29) is 0 Å². The van der Waals surface area contributed by atoms with Gasteiger partial charge < -0.3 is 4.57 Å². The highest BCUT2D eigenvalue weighted by Gasteiger charge is 2.14. The van der Waals surface area contributed by atoms with E-state index in [4.69, 9.17) is 0 Å². The maximum atomic E-state index is 4.37. The molecule has 1 aliphatic rings. The van der Waals surface area contributed by atoms with Crippen molar-refractivity contribution >= 4 is 11.4 Å². The molecule has 0 radical (unpaired) electrons. The Kier molecular flexibility index (Phi) is 2.37. The van der Waals surface area contributed by atoms with Crippen molar-refractivity contribution in [1.82, 2.24) is 4.57 Å². The Hall–Kier alpha value is -2.16. The predicted molar refractivity (Wildman–Crippen MR) is 69.6 cm³/mol. The van der Waals surface area contributed by atoms with Gasteiger partial charge in [-0.15, -0.1) is 5.10 Å². The average Bonchev–Trinajstić information content (AvgIpc) is 2.73. The quantitative estimate of drug-likeness (QED) is 0.711. The fourth-order valence-electron chi connectivity index (χ4n) is 2.03. The van der Waals surface area contributed by atoms with E-state index in [2.05, 4.69) is 39.2 Å². The highest BCUT2D eigenvalue weighted by molar-refractivity contribution is 6.12. The molecule has 2 aromatic rings. The molecule has 0 amide bonds. The lowest BCUT2D eigenvalue weighted by molar-refractivity contribution is 0.852. The Balaban J connectivity index is 2.17. The summed E-state index contributed by atoms with van der Waals surface area (Å²) in [7, 11) is 0. The summed E-state index contributed by atoms with van der Waals surface area (Å²) in [6.45, 7) is 2.81. The first-order chi connectivity index (χ1) is 8.34. The second kappa shape index (κ2) is 4.01. The third kappa shape index (κ3) is 1.80. The third-order valence-corrected chi connectivity index (χ3v) is 2.84. The maximum absolute atomic E-state index is 4.37. The van der Waals surface area contributed by atoms with Crippen molar-refractivity contribution in [3.8, 4) is 0 Å². The number of benzene rings is 1. The minimum Gasteiger partial charge on any atom is -0.340 e. The van der Waals surface area contributed by atoms with Crippen LogP contribution in [0.15, 0.2) is 58.9 Å². The van der Waals surface area contributed by atoms with E-state index in [0.717, 1.165) is 29.2 Å². The van der Waals surface area contributed by atoms with Crippen molar-refractivity contribution < 1.29 is 0 Å². The SMILES string of the molecule is CC1=NN=C(c2ccccc2)c2cccn2C1. The fourth-order valence-corrected chi connectivity index (χ4v) is 2.03. The van der Waals surface area contributed by atoms with Gasteiger partial charge in [0, 0.05) is 11.8 Å². The Bertz CT molecular complexity index is 591. The van der Waals surface area contributed by atoms with Gasteiger partial charge in [-0.3, -0.25) is 0 Å². The van der Waals surface area contributed by atoms with E-state index in [1.165, 1.54) is 0 Å². The minimum absolute atomic E-state index is 0.808.